The van der Waals surface area contributed by atoms with E-state index in [0.29, 0.717) is 5.92 Å². The summed E-state index contributed by atoms with van der Waals surface area (Å²) >= 11 is 3.52. The molecule has 0 saturated heterocycles. The fraction of sp³-hybridized carbons (Fsp3) is 0.923. The van der Waals surface area contributed by atoms with Crippen LogP contribution in [0.2, 0.25) is 0 Å². The number of carbonyl (C=O) groups excluding carboxylic acids is 1. The van der Waals surface area contributed by atoms with Crippen molar-refractivity contribution in [2.45, 2.75) is 63.3 Å². The Balaban J connectivity index is 1.74. The number of nitrogens with one attached hydrogen (secondary N) is 1. The second kappa shape index (κ2) is 5.52. The van der Waals surface area contributed by atoms with Crippen LogP contribution in [0.25, 0.3) is 0 Å². The molecule has 92 valence electrons. The fourth-order valence-corrected chi connectivity index (χ4v) is 3.60. The lowest BCUT2D eigenvalue weighted by Gasteiger charge is -2.41. The average molecular weight is 288 g/mol. The lowest BCUT2D eigenvalue weighted by Crippen LogP contribution is -2.55. The molecule has 1 amide bonds. The van der Waals surface area contributed by atoms with Crippen LogP contribution in [0.1, 0.15) is 57.8 Å². The standard InChI is InChI=1S/C13H22BrNO/c14-10-13(7-4-8-13)15-12(16)9-11-5-2-1-3-6-11/h11H,1-10H2,(H,15,16). The van der Waals surface area contributed by atoms with Gasteiger partial charge in [-0.3, -0.25) is 4.79 Å². The smallest absolute Gasteiger partial charge is 0.220 e. The van der Waals surface area contributed by atoms with E-state index in [9.17, 15) is 4.79 Å². The Morgan fingerprint density at radius 1 is 1.19 bits per heavy atom. The number of amides is 1. The molecule has 2 fully saturated rings. The minimum absolute atomic E-state index is 0.103. The van der Waals surface area contributed by atoms with Crippen LogP contribution in [0, 0.1) is 5.92 Å². The molecule has 2 aliphatic rings. The van der Waals surface area contributed by atoms with Gasteiger partial charge in [0.2, 0.25) is 5.91 Å². The van der Waals surface area contributed by atoms with Crippen LogP contribution in [0.5, 0.6) is 0 Å². The Bertz CT molecular complexity index is 239. The molecule has 2 aliphatic carbocycles. The van der Waals surface area contributed by atoms with Crippen molar-refractivity contribution >= 4 is 21.8 Å². The highest BCUT2D eigenvalue weighted by molar-refractivity contribution is 9.09. The van der Waals surface area contributed by atoms with Crippen LogP contribution in [-0.2, 0) is 4.79 Å². The van der Waals surface area contributed by atoms with E-state index in [4.69, 9.17) is 0 Å². The molecule has 0 radical (unpaired) electrons. The molecule has 0 unspecified atom stereocenters. The summed E-state index contributed by atoms with van der Waals surface area (Å²) in [7, 11) is 0. The van der Waals surface area contributed by atoms with Crippen LogP contribution >= 0.6 is 15.9 Å². The van der Waals surface area contributed by atoms with Gasteiger partial charge in [-0.05, 0) is 38.0 Å². The van der Waals surface area contributed by atoms with Crippen molar-refractivity contribution in [3.63, 3.8) is 0 Å². The van der Waals surface area contributed by atoms with Gasteiger partial charge < -0.3 is 5.32 Å². The molecule has 2 saturated carbocycles. The van der Waals surface area contributed by atoms with E-state index in [1.54, 1.807) is 0 Å². The normalized spacial score (nSPS) is 24.8. The average Bonchev–Trinajstić information content (AvgIpc) is 2.25. The van der Waals surface area contributed by atoms with Crippen LogP contribution in [0.3, 0.4) is 0 Å². The van der Waals surface area contributed by atoms with Crippen molar-refractivity contribution in [3.8, 4) is 0 Å². The van der Waals surface area contributed by atoms with Crippen molar-refractivity contribution in [3.05, 3.63) is 0 Å². The van der Waals surface area contributed by atoms with Crippen molar-refractivity contribution in [1.82, 2.24) is 5.32 Å². The lowest BCUT2D eigenvalue weighted by atomic mass is 9.78. The molecule has 0 spiro atoms. The third-order valence-corrected chi connectivity index (χ3v) is 5.24. The van der Waals surface area contributed by atoms with Crippen LogP contribution in [0.4, 0.5) is 0 Å². The van der Waals surface area contributed by atoms with Crippen LogP contribution < -0.4 is 5.32 Å². The van der Waals surface area contributed by atoms with Gasteiger partial charge in [-0.1, -0.05) is 35.2 Å². The molecule has 16 heavy (non-hydrogen) atoms. The summed E-state index contributed by atoms with van der Waals surface area (Å²) < 4.78 is 0. The molecular formula is C13H22BrNO. The fourth-order valence-electron chi connectivity index (χ4n) is 2.90. The largest absolute Gasteiger partial charge is 0.350 e. The van der Waals surface area contributed by atoms with Crippen LogP contribution in [-0.4, -0.2) is 16.8 Å². The first-order chi connectivity index (χ1) is 7.74. The SMILES string of the molecule is O=C(CC1CCCCC1)NC1(CBr)CCC1. The highest BCUT2D eigenvalue weighted by Crippen LogP contribution is 2.34. The van der Waals surface area contributed by atoms with Gasteiger partial charge in [0.15, 0.2) is 0 Å². The van der Waals surface area contributed by atoms with Gasteiger partial charge in [-0.25, -0.2) is 0 Å². The summed E-state index contributed by atoms with van der Waals surface area (Å²) in [6, 6.07) is 0. The van der Waals surface area contributed by atoms with E-state index in [-0.39, 0.29) is 11.4 Å². The summed E-state index contributed by atoms with van der Waals surface area (Å²) in [5, 5.41) is 4.15. The van der Waals surface area contributed by atoms with Gasteiger partial charge in [0, 0.05) is 17.3 Å². The van der Waals surface area contributed by atoms with E-state index >= 15 is 0 Å². The number of hydrogen-bond donors (Lipinski definition) is 1. The summed E-state index contributed by atoms with van der Waals surface area (Å²) in [6.07, 6.45) is 10.8. The first kappa shape index (κ1) is 12.4. The summed E-state index contributed by atoms with van der Waals surface area (Å²) in [5.41, 5.74) is 0.103. The Labute approximate surface area is 107 Å². The molecule has 0 aromatic carbocycles. The molecule has 0 atom stereocenters. The lowest BCUT2D eigenvalue weighted by molar-refractivity contribution is -0.124. The Morgan fingerprint density at radius 3 is 2.38 bits per heavy atom. The predicted octanol–water partition coefficient (Wildman–Crippen LogP) is 3.39. The molecular weight excluding hydrogens is 266 g/mol. The molecule has 2 nitrogen and oxygen atoms in total. The number of halogens is 1. The maximum atomic E-state index is 11.9. The van der Waals surface area contributed by atoms with Crippen molar-refractivity contribution in [2.75, 3.05) is 5.33 Å². The summed E-state index contributed by atoms with van der Waals surface area (Å²) in [4.78, 5) is 11.9. The molecule has 0 bridgehead atoms. The molecule has 0 aromatic rings. The third-order valence-electron chi connectivity index (χ3n) is 4.17. The van der Waals surface area contributed by atoms with Gasteiger partial charge in [0.05, 0.1) is 0 Å². The molecule has 0 aromatic heterocycles. The molecule has 0 heterocycles. The second-order valence-corrected chi connectivity index (χ2v) is 6.08. The summed E-state index contributed by atoms with van der Waals surface area (Å²) in [5.74, 6) is 0.937. The minimum atomic E-state index is 0.103. The van der Waals surface area contributed by atoms with E-state index in [2.05, 4.69) is 21.2 Å². The van der Waals surface area contributed by atoms with Gasteiger partial charge in [-0.15, -0.1) is 0 Å². The minimum Gasteiger partial charge on any atom is -0.350 e. The van der Waals surface area contributed by atoms with Gasteiger partial charge in [0.1, 0.15) is 0 Å². The van der Waals surface area contributed by atoms with Crippen molar-refractivity contribution < 1.29 is 4.79 Å². The first-order valence-corrected chi connectivity index (χ1v) is 7.73. The number of carbonyl (C=O) groups is 1. The number of alkyl halides is 1. The zero-order chi connectivity index (χ0) is 11.4. The van der Waals surface area contributed by atoms with Gasteiger partial charge in [-0.2, -0.15) is 0 Å². The zero-order valence-corrected chi connectivity index (χ0v) is 11.5. The number of hydrogen-bond acceptors (Lipinski definition) is 1. The molecule has 2 rings (SSSR count). The third kappa shape index (κ3) is 2.99. The Morgan fingerprint density at radius 2 is 1.88 bits per heavy atom. The Kier molecular flexibility index (Phi) is 4.28. The molecule has 0 aliphatic heterocycles. The highest BCUT2D eigenvalue weighted by atomic mass is 79.9. The topological polar surface area (TPSA) is 29.1 Å². The van der Waals surface area contributed by atoms with Crippen LogP contribution in [0.15, 0.2) is 0 Å². The maximum Gasteiger partial charge on any atom is 0.220 e. The quantitative estimate of drug-likeness (QED) is 0.789. The maximum absolute atomic E-state index is 11.9. The highest BCUT2D eigenvalue weighted by Gasteiger charge is 2.37. The van der Waals surface area contributed by atoms with Crippen molar-refractivity contribution in [2.24, 2.45) is 5.92 Å². The van der Waals surface area contributed by atoms with Gasteiger partial charge >= 0.3 is 0 Å². The Hall–Kier alpha value is -0.0500. The van der Waals surface area contributed by atoms with Gasteiger partial charge in [0.25, 0.3) is 0 Å². The van der Waals surface area contributed by atoms with E-state index < -0.39 is 0 Å². The summed E-state index contributed by atoms with van der Waals surface area (Å²) in [6.45, 7) is 0. The van der Waals surface area contributed by atoms with E-state index in [1.165, 1.54) is 38.5 Å². The molecule has 1 N–H and O–H groups in total. The molecule has 3 heteroatoms. The van der Waals surface area contributed by atoms with E-state index in [0.717, 1.165) is 24.6 Å². The second-order valence-electron chi connectivity index (χ2n) is 5.52. The monoisotopic (exact) mass is 287 g/mol. The van der Waals surface area contributed by atoms with Crippen molar-refractivity contribution in [1.29, 1.82) is 0 Å². The number of rotatable bonds is 4. The zero-order valence-electron chi connectivity index (χ0n) is 9.93. The predicted molar refractivity (Wildman–Crippen MR) is 69.7 cm³/mol. The van der Waals surface area contributed by atoms with E-state index in [1.807, 2.05) is 0 Å². The first-order valence-electron chi connectivity index (χ1n) is 6.61.